The third kappa shape index (κ3) is 3.57. The largest absolute Gasteiger partial charge is 0.573 e. The average Bonchev–Trinajstić information content (AvgIpc) is 3.07. The number of nitrogens with zero attached hydrogens (tertiary/aromatic N) is 4. The number of aliphatic imine (C=N–C) groups is 1. The maximum absolute atomic E-state index is 12.9. The Bertz CT molecular complexity index is 946. The Kier molecular flexibility index (Phi) is 4.21. The molecule has 0 unspecified atom stereocenters. The molecule has 2 aliphatic heterocycles. The molecule has 1 aromatic carbocycles. The van der Waals surface area contributed by atoms with Crippen LogP contribution in [0.1, 0.15) is 22.5 Å². The second-order valence-corrected chi connectivity index (χ2v) is 6.14. The Balaban J connectivity index is 1.61. The fourth-order valence-electron chi connectivity index (χ4n) is 3.12. The number of ether oxygens (including phenoxy) is 1. The molecule has 4 rings (SSSR count). The van der Waals surface area contributed by atoms with Crippen molar-refractivity contribution in [2.24, 2.45) is 4.99 Å². The van der Waals surface area contributed by atoms with E-state index in [1.807, 2.05) is 6.08 Å². The Morgan fingerprint density at radius 1 is 1.22 bits per heavy atom. The molecule has 0 radical (unpaired) electrons. The topological polar surface area (TPSA) is 59.7 Å². The van der Waals surface area contributed by atoms with Crippen molar-refractivity contribution < 1.29 is 22.7 Å². The molecule has 0 saturated carbocycles. The fourth-order valence-corrected chi connectivity index (χ4v) is 3.12. The number of anilines is 1. The van der Waals surface area contributed by atoms with Crippen LogP contribution in [0.2, 0.25) is 0 Å². The number of alkyl halides is 3. The van der Waals surface area contributed by atoms with E-state index in [1.54, 1.807) is 23.2 Å². The number of aromatic nitrogens is 2. The molecule has 0 aliphatic carbocycles. The lowest BCUT2D eigenvalue weighted by atomic mass is 10.1. The van der Waals surface area contributed by atoms with E-state index in [1.165, 1.54) is 23.1 Å². The molecule has 9 heteroatoms. The lowest BCUT2D eigenvalue weighted by molar-refractivity contribution is -0.274. The number of carbonyl (C=O) groups excluding carboxylic acids is 1. The third-order valence-corrected chi connectivity index (χ3v) is 4.30. The summed E-state index contributed by atoms with van der Waals surface area (Å²) in [5.41, 5.74) is 2.25. The molecule has 0 spiro atoms. The first-order valence-electron chi connectivity index (χ1n) is 8.37. The van der Waals surface area contributed by atoms with Gasteiger partial charge in [-0.15, -0.1) is 13.2 Å². The lowest BCUT2D eigenvalue weighted by Crippen LogP contribution is -2.37. The third-order valence-electron chi connectivity index (χ3n) is 4.30. The summed E-state index contributed by atoms with van der Waals surface area (Å²) in [6.07, 6.45) is 1.87. The van der Waals surface area contributed by atoms with E-state index >= 15 is 0 Å². The van der Waals surface area contributed by atoms with Gasteiger partial charge in [-0.3, -0.25) is 9.79 Å². The van der Waals surface area contributed by atoms with Crippen molar-refractivity contribution in [2.45, 2.75) is 19.2 Å². The quantitative estimate of drug-likeness (QED) is 0.826. The van der Waals surface area contributed by atoms with Crippen LogP contribution in [0.4, 0.5) is 18.9 Å². The first-order valence-corrected chi connectivity index (χ1v) is 8.37. The van der Waals surface area contributed by atoms with Crippen LogP contribution in [-0.2, 0) is 6.42 Å². The molecule has 27 heavy (non-hydrogen) atoms. The van der Waals surface area contributed by atoms with Gasteiger partial charge >= 0.3 is 6.36 Å². The van der Waals surface area contributed by atoms with Gasteiger partial charge in [-0.2, -0.15) is 5.10 Å². The summed E-state index contributed by atoms with van der Waals surface area (Å²) in [7, 11) is 0. The number of dihydropyridines is 1. The molecule has 6 nitrogen and oxygen atoms in total. The smallest absolute Gasteiger partial charge is 0.406 e. The zero-order chi connectivity index (χ0) is 19.0. The fraction of sp³-hybridized carbons (Fsp3) is 0.278. The first-order chi connectivity index (χ1) is 12.9. The van der Waals surface area contributed by atoms with Crippen molar-refractivity contribution >= 4 is 23.5 Å². The van der Waals surface area contributed by atoms with Crippen LogP contribution < -0.4 is 9.64 Å². The second kappa shape index (κ2) is 6.57. The van der Waals surface area contributed by atoms with Gasteiger partial charge in [0.15, 0.2) is 0 Å². The van der Waals surface area contributed by atoms with Crippen LogP contribution >= 0.6 is 0 Å². The summed E-state index contributed by atoms with van der Waals surface area (Å²) in [5.74, 6) is -0.669. The molecule has 2 aromatic rings. The van der Waals surface area contributed by atoms with E-state index in [-0.39, 0.29) is 11.7 Å². The van der Waals surface area contributed by atoms with E-state index in [0.29, 0.717) is 29.9 Å². The molecule has 0 N–H and O–H groups in total. The summed E-state index contributed by atoms with van der Waals surface area (Å²) in [4.78, 5) is 18.5. The predicted octanol–water partition coefficient (Wildman–Crippen LogP) is 3.30. The Morgan fingerprint density at radius 3 is 2.81 bits per heavy atom. The normalized spacial score (nSPS) is 16.9. The molecule has 0 bridgehead atoms. The number of fused-ring (bicyclic) bond motifs is 1. The predicted molar refractivity (Wildman–Crippen MR) is 93.0 cm³/mol. The van der Waals surface area contributed by atoms with Crippen LogP contribution in [-0.4, -0.2) is 41.4 Å². The van der Waals surface area contributed by atoms with Crippen molar-refractivity contribution in [2.75, 3.05) is 18.0 Å². The minimum Gasteiger partial charge on any atom is -0.406 e. The average molecular weight is 376 g/mol. The Morgan fingerprint density at radius 2 is 2.07 bits per heavy atom. The number of halogens is 3. The summed E-state index contributed by atoms with van der Waals surface area (Å²) >= 11 is 0. The summed E-state index contributed by atoms with van der Waals surface area (Å²) in [6.45, 7) is 1.05. The first kappa shape index (κ1) is 17.3. The van der Waals surface area contributed by atoms with Crippen molar-refractivity contribution in [3.8, 4) is 5.75 Å². The molecule has 0 atom stereocenters. The highest BCUT2D eigenvalue weighted by atomic mass is 19.4. The zero-order valence-corrected chi connectivity index (χ0v) is 14.1. The number of hydrogen-bond acceptors (Lipinski definition) is 4. The molecule has 3 heterocycles. The second-order valence-electron chi connectivity index (χ2n) is 6.14. The summed E-state index contributed by atoms with van der Waals surface area (Å²) < 4.78 is 42.9. The zero-order valence-electron chi connectivity index (χ0n) is 14.1. The van der Waals surface area contributed by atoms with E-state index in [4.69, 9.17) is 0 Å². The molecule has 1 aromatic heterocycles. The Labute approximate surface area is 152 Å². The van der Waals surface area contributed by atoms with Crippen molar-refractivity contribution in [1.29, 1.82) is 0 Å². The highest BCUT2D eigenvalue weighted by molar-refractivity contribution is 6.09. The highest BCUT2D eigenvalue weighted by Crippen LogP contribution is 2.30. The molecule has 0 fully saturated rings. The number of hydrogen-bond donors (Lipinski definition) is 0. The lowest BCUT2D eigenvalue weighted by Gasteiger charge is -2.26. The van der Waals surface area contributed by atoms with Crippen molar-refractivity contribution in [3.63, 3.8) is 0 Å². The summed E-state index contributed by atoms with van der Waals surface area (Å²) in [5, 5.41) is 4.46. The van der Waals surface area contributed by atoms with Crippen LogP contribution in [0.5, 0.6) is 5.75 Å². The van der Waals surface area contributed by atoms with E-state index < -0.39 is 6.36 Å². The van der Waals surface area contributed by atoms with Crippen LogP contribution in [0.3, 0.4) is 0 Å². The number of rotatable bonds is 3. The molecular formula is C18H15F3N4O2. The molecular weight excluding hydrogens is 361 g/mol. The van der Waals surface area contributed by atoms with Crippen molar-refractivity contribution in [3.05, 3.63) is 47.8 Å². The molecule has 140 valence electrons. The van der Waals surface area contributed by atoms with Crippen LogP contribution in [0.15, 0.2) is 41.5 Å². The van der Waals surface area contributed by atoms with Gasteiger partial charge in [0.05, 0.1) is 17.0 Å². The van der Waals surface area contributed by atoms with Gasteiger partial charge in [0.25, 0.3) is 5.91 Å². The van der Waals surface area contributed by atoms with Gasteiger partial charge in [-0.05, 0) is 18.6 Å². The maximum Gasteiger partial charge on any atom is 0.573 e. The number of amides is 1. The van der Waals surface area contributed by atoms with Crippen molar-refractivity contribution in [1.82, 2.24) is 9.78 Å². The number of benzene rings is 1. The van der Waals surface area contributed by atoms with Gasteiger partial charge in [0.1, 0.15) is 5.75 Å². The van der Waals surface area contributed by atoms with Gasteiger partial charge < -0.3 is 9.64 Å². The summed E-state index contributed by atoms with van der Waals surface area (Å²) in [6, 6.07) is 5.40. The minimum absolute atomic E-state index is 0.306. The highest BCUT2D eigenvalue weighted by Gasteiger charge is 2.32. The number of carbonyl (C=O) groups is 1. The SMILES string of the molecule is O=C1c2cn(C3=CCCN=C3)nc2CCN1c1cccc(OC(F)(F)F)c1. The molecule has 1 amide bonds. The molecule has 2 aliphatic rings. The minimum atomic E-state index is -4.78. The van der Waals surface area contributed by atoms with Crippen LogP contribution in [0, 0.1) is 0 Å². The standard InChI is InChI=1S/C18H15F3N4O2/c19-18(20,21)27-14-5-1-3-12(9-14)24-8-6-16-15(17(24)26)11-25(23-16)13-4-2-7-22-10-13/h1,3-5,9-11H,2,6-8H2. The maximum atomic E-state index is 12.9. The monoisotopic (exact) mass is 376 g/mol. The van der Waals surface area contributed by atoms with Gasteiger partial charge in [0.2, 0.25) is 0 Å². The number of allylic oxidation sites excluding steroid dienone is 1. The van der Waals surface area contributed by atoms with E-state index in [2.05, 4.69) is 14.8 Å². The van der Waals surface area contributed by atoms with E-state index in [0.717, 1.165) is 18.7 Å². The van der Waals surface area contributed by atoms with E-state index in [9.17, 15) is 18.0 Å². The molecule has 0 saturated heterocycles. The Hall–Kier alpha value is -3.10. The van der Waals surface area contributed by atoms with Gasteiger partial charge in [-0.25, -0.2) is 4.68 Å². The van der Waals surface area contributed by atoms with Gasteiger partial charge in [-0.1, -0.05) is 12.1 Å². The van der Waals surface area contributed by atoms with Crippen LogP contribution in [0.25, 0.3) is 5.70 Å². The van der Waals surface area contributed by atoms with Gasteiger partial charge in [0, 0.05) is 43.7 Å².